The summed E-state index contributed by atoms with van der Waals surface area (Å²) in [7, 11) is -1.84. The summed E-state index contributed by atoms with van der Waals surface area (Å²) in [4.78, 5) is 0. The van der Waals surface area contributed by atoms with E-state index in [4.69, 9.17) is 4.74 Å². The molecule has 4 nitrogen and oxygen atoms in total. The van der Waals surface area contributed by atoms with E-state index in [-0.39, 0.29) is 17.9 Å². The number of rotatable bonds is 6. The summed E-state index contributed by atoms with van der Waals surface area (Å²) in [5.41, 5.74) is 3.22. The van der Waals surface area contributed by atoms with Gasteiger partial charge in [0.1, 0.15) is 0 Å². The Bertz CT molecular complexity index is 505. The monoisotopic (exact) mass is 285 g/mol. The van der Waals surface area contributed by atoms with Crippen LogP contribution < -0.4 is 4.72 Å². The highest BCUT2D eigenvalue weighted by molar-refractivity contribution is 7.89. The first kappa shape index (κ1) is 16.1. The molecule has 0 aliphatic rings. The number of nitrogens with one attached hydrogen (secondary N) is 1. The van der Waals surface area contributed by atoms with Gasteiger partial charge >= 0.3 is 0 Å². The normalized spacial score (nSPS) is 15.2. The van der Waals surface area contributed by atoms with Crippen molar-refractivity contribution in [2.45, 2.75) is 39.8 Å². The van der Waals surface area contributed by atoms with Crippen molar-refractivity contribution in [3.05, 3.63) is 34.9 Å². The van der Waals surface area contributed by atoms with E-state index in [9.17, 15) is 8.42 Å². The van der Waals surface area contributed by atoms with E-state index in [2.05, 4.69) is 4.72 Å². The lowest BCUT2D eigenvalue weighted by molar-refractivity contribution is 0.136. The third-order valence-corrected chi connectivity index (χ3v) is 4.81. The smallest absolute Gasteiger partial charge is 0.214 e. The van der Waals surface area contributed by atoms with Gasteiger partial charge in [0.25, 0.3) is 0 Å². The predicted molar refractivity (Wildman–Crippen MR) is 77.7 cm³/mol. The molecule has 0 aliphatic heterocycles. The lowest BCUT2D eigenvalue weighted by Gasteiger charge is -2.20. The van der Waals surface area contributed by atoms with Crippen molar-refractivity contribution in [2.75, 3.05) is 12.9 Å². The fraction of sp³-hybridized carbons (Fsp3) is 0.571. The Kier molecular flexibility index (Phi) is 5.52. The summed E-state index contributed by atoms with van der Waals surface area (Å²) in [5.74, 6) is -0.0290. The number of sulfonamides is 1. The zero-order valence-corrected chi connectivity index (χ0v) is 13.0. The lowest BCUT2D eigenvalue weighted by atomic mass is 9.98. The summed E-state index contributed by atoms with van der Waals surface area (Å²) in [5, 5.41) is 0. The van der Waals surface area contributed by atoms with Gasteiger partial charge in [-0.15, -0.1) is 0 Å². The molecule has 0 saturated carbocycles. The molecule has 0 fully saturated rings. The van der Waals surface area contributed by atoms with Gasteiger partial charge in [0.2, 0.25) is 10.0 Å². The van der Waals surface area contributed by atoms with Crippen molar-refractivity contribution in [1.82, 2.24) is 4.72 Å². The molecule has 1 aromatic rings. The van der Waals surface area contributed by atoms with Gasteiger partial charge in [-0.3, -0.25) is 0 Å². The minimum absolute atomic E-state index is 0.0290. The predicted octanol–water partition coefficient (Wildman–Crippen LogP) is 2.32. The highest BCUT2D eigenvalue weighted by Gasteiger charge is 2.20. The Morgan fingerprint density at radius 2 is 1.74 bits per heavy atom. The highest BCUT2D eigenvalue weighted by atomic mass is 32.2. The van der Waals surface area contributed by atoms with Gasteiger partial charge in [0.15, 0.2) is 0 Å². The van der Waals surface area contributed by atoms with Gasteiger partial charge in [0, 0.05) is 13.2 Å². The Morgan fingerprint density at radius 1 is 1.21 bits per heavy atom. The Morgan fingerprint density at radius 3 is 2.21 bits per heavy atom. The first-order valence-electron chi connectivity index (χ1n) is 6.35. The van der Waals surface area contributed by atoms with Crippen LogP contribution in [0.2, 0.25) is 0 Å². The minimum atomic E-state index is -3.35. The van der Waals surface area contributed by atoms with E-state index in [0.717, 1.165) is 16.7 Å². The second kappa shape index (κ2) is 6.50. The van der Waals surface area contributed by atoms with E-state index in [1.165, 1.54) is 7.11 Å². The van der Waals surface area contributed by atoms with E-state index in [1.54, 1.807) is 6.92 Å². The van der Waals surface area contributed by atoms with Crippen molar-refractivity contribution in [3.63, 3.8) is 0 Å². The molecule has 0 aliphatic carbocycles. The molecule has 0 saturated heterocycles. The highest BCUT2D eigenvalue weighted by Crippen LogP contribution is 2.22. The molecule has 19 heavy (non-hydrogen) atoms. The van der Waals surface area contributed by atoms with Crippen LogP contribution >= 0.6 is 0 Å². The van der Waals surface area contributed by atoms with E-state index in [1.807, 2.05) is 39.0 Å². The number of hydrogen-bond donors (Lipinski definition) is 1. The maximum Gasteiger partial charge on any atom is 0.214 e. The van der Waals surface area contributed by atoms with Crippen molar-refractivity contribution in [3.8, 4) is 0 Å². The van der Waals surface area contributed by atoms with Gasteiger partial charge in [-0.1, -0.05) is 18.2 Å². The molecule has 5 heteroatoms. The molecular weight excluding hydrogens is 262 g/mol. The molecule has 0 radical (unpaired) electrons. The molecule has 1 aromatic carbocycles. The van der Waals surface area contributed by atoms with Gasteiger partial charge in [-0.2, -0.15) is 0 Å². The van der Waals surface area contributed by atoms with Crippen LogP contribution in [-0.2, 0) is 14.8 Å². The summed E-state index contributed by atoms with van der Waals surface area (Å²) >= 11 is 0. The second-order valence-electron chi connectivity index (χ2n) is 4.97. The van der Waals surface area contributed by atoms with Crippen LogP contribution in [0.5, 0.6) is 0 Å². The third-order valence-electron chi connectivity index (χ3n) is 3.19. The largest absolute Gasteiger partial charge is 0.381 e. The molecule has 0 unspecified atom stereocenters. The molecule has 0 amide bonds. The number of benzene rings is 1. The maximum atomic E-state index is 12.0. The molecule has 1 rings (SSSR count). The molecular formula is C14H23NO3S. The second-order valence-corrected chi connectivity index (χ2v) is 6.77. The Hall–Kier alpha value is -0.910. The van der Waals surface area contributed by atoms with Gasteiger partial charge in [-0.25, -0.2) is 13.1 Å². The van der Waals surface area contributed by atoms with Crippen LogP contribution in [0.1, 0.15) is 36.6 Å². The van der Waals surface area contributed by atoms with E-state index < -0.39 is 10.0 Å². The van der Waals surface area contributed by atoms with Crippen molar-refractivity contribution >= 4 is 10.0 Å². The first-order valence-corrected chi connectivity index (χ1v) is 8.01. The number of hydrogen-bond acceptors (Lipinski definition) is 3. The number of aryl methyl sites for hydroxylation is 2. The zero-order valence-electron chi connectivity index (χ0n) is 12.2. The van der Waals surface area contributed by atoms with E-state index in [0.29, 0.717) is 0 Å². The van der Waals surface area contributed by atoms with Crippen LogP contribution in [0.3, 0.4) is 0 Å². The summed E-state index contributed by atoms with van der Waals surface area (Å²) in [6.45, 7) is 7.59. The van der Waals surface area contributed by atoms with Gasteiger partial charge < -0.3 is 4.74 Å². The van der Waals surface area contributed by atoms with Crippen LogP contribution in [0.15, 0.2) is 18.2 Å². The average molecular weight is 285 g/mol. The topological polar surface area (TPSA) is 55.4 Å². The fourth-order valence-electron chi connectivity index (χ4n) is 2.26. The quantitative estimate of drug-likeness (QED) is 0.872. The van der Waals surface area contributed by atoms with Crippen molar-refractivity contribution < 1.29 is 13.2 Å². The summed E-state index contributed by atoms with van der Waals surface area (Å²) in [6.07, 6.45) is -0.317. The Labute approximate surface area is 116 Å². The van der Waals surface area contributed by atoms with Crippen LogP contribution in [-0.4, -0.2) is 27.4 Å². The molecule has 0 heterocycles. The third kappa shape index (κ3) is 4.60. The first-order chi connectivity index (χ1) is 8.76. The van der Waals surface area contributed by atoms with E-state index >= 15 is 0 Å². The van der Waals surface area contributed by atoms with Gasteiger partial charge in [0.05, 0.1) is 11.9 Å². The number of methoxy groups -OCH3 is 1. The summed E-state index contributed by atoms with van der Waals surface area (Å²) < 4.78 is 31.7. The van der Waals surface area contributed by atoms with Crippen molar-refractivity contribution in [1.29, 1.82) is 0 Å². The van der Waals surface area contributed by atoms with Crippen LogP contribution in [0.25, 0.3) is 0 Å². The van der Waals surface area contributed by atoms with Crippen LogP contribution in [0, 0.1) is 13.8 Å². The summed E-state index contributed by atoms with van der Waals surface area (Å²) in [6, 6.07) is 5.72. The SMILES string of the molecule is CO[C@H](C)CS(=O)(=O)N[C@H](C)c1c(C)cccc1C. The maximum absolute atomic E-state index is 12.0. The van der Waals surface area contributed by atoms with Crippen molar-refractivity contribution in [2.24, 2.45) is 0 Å². The zero-order chi connectivity index (χ0) is 14.6. The molecule has 0 aromatic heterocycles. The lowest BCUT2D eigenvalue weighted by Crippen LogP contribution is -2.34. The molecule has 0 spiro atoms. The fourth-order valence-corrected chi connectivity index (χ4v) is 3.77. The molecule has 1 N–H and O–H groups in total. The minimum Gasteiger partial charge on any atom is -0.381 e. The van der Waals surface area contributed by atoms with Crippen LogP contribution in [0.4, 0.5) is 0 Å². The van der Waals surface area contributed by atoms with Gasteiger partial charge in [-0.05, 0) is 44.4 Å². The molecule has 2 atom stereocenters. The average Bonchev–Trinajstić information content (AvgIpc) is 2.27. The molecule has 108 valence electrons. The Balaban J connectivity index is 2.88. The number of ether oxygens (including phenoxy) is 1. The standard InChI is InChI=1S/C14H23NO3S/c1-10-7-6-8-11(2)14(10)13(4)15-19(16,17)9-12(3)18-5/h6-8,12-13,15H,9H2,1-5H3/t12-,13-/m1/s1. The molecule has 0 bridgehead atoms.